The topological polar surface area (TPSA) is 9.23 Å². The fourth-order valence-corrected chi connectivity index (χ4v) is 4.45. The van der Waals surface area contributed by atoms with Crippen molar-refractivity contribution in [2.24, 2.45) is 0 Å². The van der Waals surface area contributed by atoms with Crippen molar-refractivity contribution < 1.29 is 4.74 Å². The number of benzene rings is 2. The average molecular weight is 298 g/mol. The summed E-state index contributed by atoms with van der Waals surface area (Å²) < 4.78 is 6.03. The third-order valence-corrected chi connectivity index (χ3v) is 5.40. The zero-order valence-electron chi connectivity index (χ0n) is 13.3. The lowest BCUT2D eigenvalue weighted by molar-refractivity contribution is 0.173. The van der Waals surface area contributed by atoms with E-state index >= 15 is 0 Å². The Morgan fingerprint density at radius 3 is 2.52 bits per heavy atom. The Kier molecular flexibility index (Phi) is 2.40. The van der Waals surface area contributed by atoms with Crippen LogP contribution >= 0.6 is 0 Å². The van der Waals surface area contributed by atoms with E-state index in [0.717, 1.165) is 0 Å². The summed E-state index contributed by atoms with van der Waals surface area (Å²) in [5.74, 6) is 0. The van der Waals surface area contributed by atoms with Gasteiger partial charge in [-0.15, -0.1) is 0 Å². The van der Waals surface area contributed by atoms with Gasteiger partial charge in [-0.05, 0) is 33.9 Å². The van der Waals surface area contributed by atoms with Crippen molar-refractivity contribution in [2.75, 3.05) is 0 Å². The van der Waals surface area contributed by atoms with Crippen LogP contribution in [0.2, 0.25) is 0 Å². The van der Waals surface area contributed by atoms with Crippen molar-refractivity contribution in [3.8, 4) is 0 Å². The molecule has 0 N–H and O–H groups in total. The molecule has 1 unspecified atom stereocenters. The van der Waals surface area contributed by atoms with Crippen LogP contribution in [0.4, 0.5) is 0 Å². The molecule has 0 radical (unpaired) electrons. The van der Waals surface area contributed by atoms with E-state index < -0.39 is 0 Å². The number of rotatable bonds is 0. The predicted octanol–water partition coefficient (Wildman–Crippen LogP) is 5.30. The molecular formula is C22H18O. The molecule has 1 heterocycles. The largest absolute Gasteiger partial charge is 0.489 e. The first-order valence-electron chi connectivity index (χ1n) is 8.16. The number of fused-ring (bicyclic) bond motifs is 7. The highest BCUT2D eigenvalue weighted by Crippen LogP contribution is 2.58. The second kappa shape index (κ2) is 4.26. The summed E-state index contributed by atoms with van der Waals surface area (Å²) in [6.45, 7) is 4.66. The lowest BCUT2D eigenvalue weighted by atomic mass is 9.72. The summed E-state index contributed by atoms with van der Waals surface area (Å²) in [4.78, 5) is 0. The summed E-state index contributed by atoms with van der Waals surface area (Å²) in [6.07, 6.45) is 6.07. The summed E-state index contributed by atoms with van der Waals surface area (Å²) >= 11 is 0. The minimum absolute atomic E-state index is 0.00190. The number of ether oxygens (including phenoxy) is 1. The Morgan fingerprint density at radius 2 is 1.65 bits per heavy atom. The Morgan fingerprint density at radius 1 is 0.913 bits per heavy atom. The molecule has 1 atom stereocenters. The van der Waals surface area contributed by atoms with Gasteiger partial charge in [-0.1, -0.05) is 68.5 Å². The highest BCUT2D eigenvalue weighted by molar-refractivity contribution is 5.95. The van der Waals surface area contributed by atoms with Crippen LogP contribution in [0, 0.1) is 0 Å². The monoisotopic (exact) mass is 298 g/mol. The van der Waals surface area contributed by atoms with Crippen LogP contribution in [0.15, 0.2) is 78.1 Å². The maximum Gasteiger partial charge on any atom is 0.149 e. The predicted molar refractivity (Wildman–Crippen MR) is 93.0 cm³/mol. The van der Waals surface area contributed by atoms with Crippen LogP contribution in [-0.2, 0) is 10.2 Å². The Bertz CT molecular complexity index is 924. The molecule has 3 aliphatic rings. The van der Waals surface area contributed by atoms with Crippen molar-refractivity contribution in [3.05, 3.63) is 100 Å². The first-order chi connectivity index (χ1) is 11.2. The third-order valence-electron chi connectivity index (χ3n) is 5.40. The van der Waals surface area contributed by atoms with Crippen LogP contribution in [0.25, 0.3) is 5.57 Å². The van der Waals surface area contributed by atoms with Crippen LogP contribution in [-0.4, -0.2) is 0 Å². The lowest BCUT2D eigenvalue weighted by Crippen LogP contribution is -2.25. The van der Waals surface area contributed by atoms with Gasteiger partial charge in [0.25, 0.3) is 0 Å². The molecule has 0 aromatic heterocycles. The molecule has 0 saturated carbocycles. The van der Waals surface area contributed by atoms with Crippen molar-refractivity contribution in [2.45, 2.75) is 25.4 Å². The quantitative estimate of drug-likeness (QED) is 0.641. The number of allylic oxidation sites excluding steroid dienone is 2. The van der Waals surface area contributed by atoms with Gasteiger partial charge < -0.3 is 4.74 Å². The fraction of sp³-hybridized carbons (Fsp3) is 0.182. The molecule has 1 heteroatoms. The molecule has 0 saturated heterocycles. The number of hydrogen-bond donors (Lipinski definition) is 0. The second-order valence-electron chi connectivity index (χ2n) is 6.97. The Hall–Kier alpha value is -2.54. The van der Waals surface area contributed by atoms with E-state index in [0.29, 0.717) is 0 Å². The molecule has 0 spiro atoms. The van der Waals surface area contributed by atoms with Crippen molar-refractivity contribution in [3.63, 3.8) is 0 Å². The van der Waals surface area contributed by atoms with Crippen molar-refractivity contribution in [1.82, 2.24) is 0 Å². The van der Waals surface area contributed by atoms with E-state index in [1.165, 1.54) is 39.0 Å². The third kappa shape index (κ3) is 1.52. The standard InChI is InChI=1S/C22H18O/c1-22(2)18-12-6-5-10-16(18)19-14-8-3-4-9-15(14)21-17(20(19)22)11-7-13-23-21/h3-13,21H,1-2H3. The summed E-state index contributed by atoms with van der Waals surface area (Å²) in [7, 11) is 0. The Balaban J connectivity index is 1.93. The minimum atomic E-state index is -0.00190. The van der Waals surface area contributed by atoms with Gasteiger partial charge in [0.1, 0.15) is 6.10 Å². The fourth-order valence-electron chi connectivity index (χ4n) is 4.45. The highest BCUT2D eigenvalue weighted by atomic mass is 16.5. The normalized spacial score (nSPS) is 22.5. The van der Waals surface area contributed by atoms with Gasteiger partial charge in [0.2, 0.25) is 0 Å². The van der Waals surface area contributed by atoms with Crippen molar-refractivity contribution >= 4 is 5.57 Å². The molecule has 1 aliphatic heterocycles. The molecular weight excluding hydrogens is 280 g/mol. The van der Waals surface area contributed by atoms with Gasteiger partial charge in [0.15, 0.2) is 0 Å². The maximum atomic E-state index is 6.03. The second-order valence-corrected chi connectivity index (χ2v) is 6.97. The van der Waals surface area contributed by atoms with Crippen LogP contribution in [0.3, 0.4) is 0 Å². The summed E-state index contributed by atoms with van der Waals surface area (Å²) in [5.41, 5.74) is 9.49. The minimum Gasteiger partial charge on any atom is -0.489 e. The molecule has 23 heavy (non-hydrogen) atoms. The van der Waals surface area contributed by atoms with Crippen LogP contribution in [0.5, 0.6) is 0 Å². The zero-order chi connectivity index (χ0) is 15.6. The number of hydrogen-bond acceptors (Lipinski definition) is 1. The van der Waals surface area contributed by atoms with Gasteiger partial charge in [-0.25, -0.2) is 0 Å². The van der Waals surface area contributed by atoms with E-state index in [1.807, 2.05) is 12.3 Å². The van der Waals surface area contributed by atoms with Crippen molar-refractivity contribution in [1.29, 1.82) is 0 Å². The van der Waals surface area contributed by atoms with Gasteiger partial charge in [0.05, 0.1) is 6.26 Å². The SMILES string of the molecule is CC1(C)C2=C(c3ccccc3C3OC=CC=C23)c2ccccc21. The zero-order valence-corrected chi connectivity index (χ0v) is 13.3. The molecule has 2 aromatic carbocycles. The first-order valence-corrected chi connectivity index (χ1v) is 8.16. The average Bonchev–Trinajstić information content (AvgIpc) is 2.84. The van der Waals surface area contributed by atoms with E-state index in [-0.39, 0.29) is 11.5 Å². The molecule has 5 rings (SSSR count). The first kappa shape index (κ1) is 13.0. The van der Waals surface area contributed by atoms with E-state index in [9.17, 15) is 0 Å². The van der Waals surface area contributed by atoms with E-state index in [1.54, 1.807) is 0 Å². The molecule has 0 fully saturated rings. The molecule has 2 aromatic rings. The summed E-state index contributed by atoms with van der Waals surface area (Å²) in [5, 5.41) is 0. The molecule has 112 valence electrons. The van der Waals surface area contributed by atoms with Crippen LogP contribution in [0.1, 0.15) is 42.2 Å². The molecule has 1 nitrogen and oxygen atoms in total. The highest BCUT2D eigenvalue weighted by Gasteiger charge is 2.45. The van der Waals surface area contributed by atoms with Crippen LogP contribution < -0.4 is 0 Å². The van der Waals surface area contributed by atoms with Gasteiger partial charge in [-0.3, -0.25) is 0 Å². The summed E-state index contributed by atoms with van der Waals surface area (Å²) in [6, 6.07) is 17.5. The lowest BCUT2D eigenvalue weighted by Gasteiger charge is -2.36. The Labute approximate surface area is 136 Å². The van der Waals surface area contributed by atoms with E-state index in [4.69, 9.17) is 4.74 Å². The molecule has 0 bridgehead atoms. The maximum absolute atomic E-state index is 6.03. The smallest absolute Gasteiger partial charge is 0.149 e. The van der Waals surface area contributed by atoms with Gasteiger partial charge in [-0.2, -0.15) is 0 Å². The molecule has 2 aliphatic carbocycles. The van der Waals surface area contributed by atoms with Gasteiger partial charge >= 0.3 is 0 Å². The van der Waals surface area contributed by atoms with Gasteiger partial charge in [0, 0.05) is 16.6 Å². The van der Waals surface area contributed by atoms with E-state index in [2.05, 4.69) is 68.5 Å². The molecule has 0 amide bonds.